The number of carbonyl (C=O) groups excluding carboxylic acids is 1. The van der Waals surface area contributed by atoms with E-state index in [1.807, 2.05) is 19.0 Å². The minimum absolute atomic E-state index is 0.0303. The molecule has 2 aromatic carbocycles. The molecule has 1 amide bonds. The number of aromatic hydroxyl groups is 1. The van der Waals surface area contributed by atoms with Gasteiger partial charge in [0.15, 0.2) is 11.6 Å². The maximum absolute atomic E-state index is 14.0. The Morgan fingerprint density at radius 3 is 2.56 bits per heavy atom. The Labute approximate surface area is 154 Å². The number of rotatable bonds is 3. The average Bonchev–Trinajstić information content (AvgIpc) is 3.03. The minimum atomic E-state index is -1.00. The highest BCUT2D eigenvalue weighted by atomic mass is 19.2. The summed E-state index contributed by atoms with van der Waals surface area (Å²) in [5, 5.41) is 13.4. The smallest absolute Gasteiger partial charge is 0.252 e. The minimum Gasteiger partial charge on any atom is -0.508 e. The number of hydrogen-bond donors (Lipinski definition) is 3. The van der Waals surface area contributed by atoms with E-state index in [0.29, 0.717) is 34.1 Å². The van der Waals surface area contributed by atoms with Crippen LogP contribution in [0.25, 0.3) is 10.9 Å². The molecule has 2 heterocycles. The summed E-state index contributed by atoms with van der Waals surface area (Å²) in [6.45, 7) is 2.28. The third-order valence-electron chi connectivity index (χ3n) is 5.04. The van der Waals surface area contributed by atoms with Gasteiger partial charge in [0.2, 0.25) is 0 Å². The first-order valence-corrected chi connectivity index (χ1v) is 8.51. The molecule has 1 aliphatic rings. The molecule has 1 aliphatic heterocycles. The lowest BCUT2D eigenvalue weighted by Crippen LogP contribution is -2.38. The van der Waals surface area contributed by atoms with Crippen molar-refractivity contribution in [2.24, 2.45) is 0 Å². The summed E-state index contributed by atoms with van der Waals surface area (Å²) in [4.78, 5) is 17.6. The highest BCUT2D eigenvalue weighted by Crippen LogP contribution is 2.43. The van der Waals surface area contributed by atoms with Crippen molar-refractivity contribution < 1.29 is 18.7 Å². The van der Waals surface area contributed by atoms with Crippen LogP contribution in [0.15, 0.2) is 30.3 Å². The first-order chi connectivity index (χ1) is 12.7. The van der Waals surface area contributed by atoms with Gasteiger partial charge in [0.25, 0.3) is 5.91 Å². The van der Waals surface area contributed by atoms with Crippen molar-refractivity contribution in [3.05, 3.63) is 64.4 Å². The molecule has 5 nitrogen and oxygen atoms in total. The van der Waals surface area contributed by atoms with Crippen molar-refractivity contribution >= 4 is 16.8 Å². The second-order valence-electron chi connectivity index (χ2n) is 7.34. The molecule has 3 aromatic rings. The van der Waals surface area contributed by atoms with Crippen molar-refractivity contribution in [2.45, 2.75) is 19.0 Å². The normalized spacial score (nSPS) is 19.0. The number of nitrogens with one attached hydrogen (secondary N) is 2. The topological polar surface area (TPSA) is 68.4 Å². The number of halogens is 2. The summed E-state index contributed by atoms with van der Waals surface area (Å²) in [5.41, 5.74) is 1.88. The van der Waals surface area contributed by atoms with E-state index in [9.17, 15) is 18.7 Å². The zero-order chi connectivity index (χ0) is 19.5. The lowest BCUT2D eigenvalue weighted by molar-refractivity contribution is 0.0945. The molecule has 27 heavy (non-hydrogen) atoms. The molecule has 7 heteroatoms. The van der Waals surface area contributed by atoms with Crippen LogP contribution in [0.1, 0.15) is 34.1 Å². The molecule has 4 rings (SSSR count). The molecule has 1 aromatic heterocycles. The standard InChI is InChI=1S/C20H19F2N3O2/c1-20(13-6-10(26)4-5-11(13)19(27)24-20)18-12-7-14(21)15(22)8-16(12)23-17(18)9-25(2)3/h4-8,23,26H,9H2,1-3H3,(H,24,27). The van der Waals surface area contributed by atoms with Crippen LogP contribution in [0.2, 0.25) is 0 Å². The number of carbonyl (C=O) groups is 1. The van der Waals surface area contributed by atoms with Crippen LogP contribution in [0.3, 0.4) is 0 Å². The highest BCUT2D eigenvalue weighted by molar-refractivity contribution is 6.02. The molecule has 0 saturated carbocycles. The monoisotopic (exact) mass is 371 g/mol. The van der Waals surface area contributed by atoms with Crippen LogP contribution in [-0.2, 0) is 12.1 Å². The second-order valence-corrected chi connectivity index (χ2v) is 7.34. The quantitative estimate of drug-likeness (QED) is 0.662. The Morgan fingerprint density at radius 1 is 1.15 bits per heavy atom. The lowest BCUT2D eigenvalue weighted by Gasteiger charge is -2.28. The predicted octanol–water partition coefficient (Wildman–Crippen LogP) is 3.22. The number of aromatic amines is 1. The maximum Gasteiger partial charge on any atom is 0.252 e. The number of H-pyrrole nitrogens is 1. The fraction of sp³-hybridized carbons (Fsp3) is 0.250. The summed E-state index contributed by atoms with van der Waals surface area (Å²) < 4.78 is 27.8. The Kier molecular flexibility index (Phi) is 3.75. The molecule has 140 valence electrons. The van der Waals surface area contributed by atoms with Gasteiger partial charge in [-0.05, 0) is 50.8 Å². The van der Waals surface area contributed by atoms with Crippen LogP contribution < -0.4 is 5.32 Å². The molecule has 0 saturated heterocycles. The van der Waals surface area contributed by atoms with Gasteiger partial charge in [0.05, 0.1) is 5.54 Å². The van der Waals surface area contributed by atoms with Crippen LogP contribution in [0.5, 0.6) is 5.75 Å². The van der Waals surface area contributed by atoms with Crippen LogP contribution in [-0.4, -0.2) is 35.0 Å². The van der Waals surface area contributed by atoms with E-state index >= 15 is 0 Å². The molecule has 1 atom stereocenters. The third kappa shape index (κ3) is 2.57. The zero-order valence-electron chi connectivity index (χ0n) is 15.2. The Bertz CT molecular complexity index is 1090. The molecule has 0 fully saturated rings. The van der Waals surface area contributed by atoms with Gasteiger partial charge in [0.1, 0.15) is 5.75 Å². The van der Waals surface area contributed by atoms with Crippen molar-refractivity contribution in [3.63, 3.8) is 0 Å². The van der Waals surface area contributed by atoms with E-state index in [4.69, 9.17) is 0 Å². The van der Waals surface area contributed by atoms with Gasteiger partial charge in [0, 0.05) is 40.3 Å². The van der Waals surface area contributed by atoms with Gasteiger partial charge in [-0.1, -0.05) is 0 Å². The summed E-state index contributed by atoms with van der Waals surface area (Å²) in [6.07, 6.45) is 0. The van der Waals surface area contributed by atoms with Crippen molar-refractivity contribution in [1.29, 1.82) is 0 Å². The molecule has 1 unspecified atom stereocenters. The molecule has 0 bridgehead atoms. The van der Waals surface area contributed by atoms with Crippen LogP contribution in [0, 0.1) is 11.6 Å². The molecule has 3 N–H and O–H groups in total. The highest BCUT2D eigenvalue weighted by Gasteiger charge is 2.43. The fourth-order valence-corrected chi connectivity index (χ4v) is 3.95. The van der Waals surface area contributed by atoms with Gasteiger partial charge >= 0.3 is 0 Å². The molecular weight excluding hydrogens is 352 g/mol. The van der Waals surface area contributed by atoms with E-state index < -0.39 is 17.2 Å². The molecule has 0 spiro atoms. The molecule has 0 aliphatic carbocycles. The number of nitrogens with zero attached hydrogens (tertiary/aromatic N) is 1. The number of fused-ring (bicyclic) bond motifs is 2. The van der Waals surface area contributed by atoms with Crippen molar-refractivity contribution in [1.82, 2.24) is 15.2 Å². The average molecular weight is 371 g/mol. The van der Waals surface area contributed by atoms with E-state index in [1.165, 1.54) is 12.1 Å². The van der Waals surface area contributed by atoms with Gasteiger partial charge in [-0.15, -0.1) is 0 Å². The first-order valence-electron chi connectivity index (χ1n) is 8.51. The molecule has 0 radical (unpaired) electrons. The SMILES string of the molecule is CN(C)Cc1[nH]c2cc(F)c(F)cc2c1C1(C)NC(=O)c2ccc(O)cc21. The lowest BCUT2D eigenvalue weighted by atomic mass is 9.83. The van der Waals surface area contributed by atoms with Crippen LogP contribution >= 0.6 is 0 Å². The summed E-state index contributed by atoms with van der Waals surface area (Å²) in [7, 11) is 3.76. The predicted molar refractivity (Wildman–Crippen MR) is 97.6 cm³/mol. The van der Waals surface area contributed by atoms with E-state index in [1.54, 1.807) is 13.0 Å². The number of benzene rings is 2. The third-order valence-corrected chi connectivity index (χ3v) is 5.04. The van der Waals surface area contributed by atoms with E-state index in [0.717, 1.165) is 17.8 Å². The number of aromatic nitrogens is 1. The van der Waals surface area contributed by atoms with Crippen LogP contribution in [0.4, 0.5) is 8.78 Å². The maximum atomic E-state index is 14.0. The largest absolute Gasteiger partial charge is 0.508 e. The Balaban J connectivity index is 2.05. The number of phenols is 1. The fourth-order valence-electron chi connectivity index (χ4n) is 3.95. The van der Waals surface area contributed by atoms with E-state index in [-0.39, 0.29) is 11.7 Å². The van der Waals surface area contributed by atoms with Gasteiger partial charge in [-0.25, -0.2) is 8.78 Å². The number of amides is 1. The Hall–Kier alpha value is -2.93. The summed E-state index contributed by atoms with van der Waals surface area (Å²) in [5.74, 6) is -2.14. The second kappa shape index (κ2) is 5.79. The number of phenolic OH excluding ortho intramolecular Hbond substituents is 1. The first kappa shape index (κ1) is 17.5. The zero-order valence-corrected chi connectivity index (χ0v) is 15.2. The van der Waals surface area contributed by atoms with Gasteiger partial charge in [-0.3, -0.25) is 4.79 Å². The molecular formula is C20H19F2N3O2. The summed E-state index contributed by atoms with van der Waals surface area (Å²) >= 11 is 0. The van der Waals surface area contributed by atoms with Crippen molar-refractivity contribution in [3.8, 4) is 5.75 Å². The van der Waals surface area contributed by atoms with Crippen molar-refractivity contribution in [2.75, 3.05) is 14.1 Å². The number of hydrogen-bond acceptors (Lipinski definition) is 3. The van der Waals surface area contributed by atoms with E-state index in [2.05, 4.69) is 10.3 Å². The Morgan fingerprint density at radius 2 is 1.85 bits per heavy atom. The van der Waals surface area contributed by atoms with Gasteiger partial charge in [-0.2, -0.15) is 0 Å². The summed E-state index contributed by atoms with van der Waals surface area (Å²) in [6, 6.07) is 6.82. The van der Waals surface area contributed by atoms with Gasteiger partial charge < -0.3 is 20.3 Å².